The highest BCUT2D eigenvalue weighted by Crippen LogP contribution is 2.12. The van der Waals surface area contributed by atoms with E-state index in [2.05, 4.69) is 31.2 Å². The summed E-state index contributed by atoms with van der Waals surface area (Å²) in [7, 11) is 0. The van der Waals surface area contributed by atoms with Crippen LogP contribution in [0, 0.1) is 0 Å². The summed E-state index contributed by atoms with van der Waals surface area (Å²) < 4.78 is 25.4. The second-order valence-corrected chi connectivity index (χ2v) is 3.56. The van der Waals surface area contributed by atoms with Gasteiger partial charge in [0, 0.05) is 19.3 Å². The maximum absolute atomic E-state index is 12.4. The fraction of sp³-hybridized carbons (Fsp3) is 0.429. The third kappa shape index (κ3) is 4.12. The van der Waals surface area contributed by atoms with Gasteiger partial charge in [-0.25, -0.2) is 18.7 Å². The summed E-state index contributed by atoms with van der Waals surface area (Å²) in [6.07, 6.45) is 2.98. The van der Waals surface area contributed by atoms with Crippen molar-refractivity contribution in [3.8, 4) is 0 Å². The number of anilines is 1. The Balaban J connectivity index is 2.51. The van der Waals surface area contributed by atoms with Crippen LogP contribution < -0.4 is 5.32 Å². The topological polar surface area (TPSA) is 37.8 Å². The molecule has 0 amide bonds. The molecule has 1 aromatic heterocycles. The first-order valence-electron chi connectivity index (χ1n) is 3.57. The molecule has 6 heteroatoms. The largest absolute Gasteiger partial charge is 0.348 e. The zero-order valence-electron chi connectivity index (χ0n) is 6.89. The van der Waals surface area contributed by atoms with Gasteiger partial charge in [-0.15, -0.1) is 0 Å². The summed E-state index contributed by atoms with van der Waals surface area (Å²) in [6.45, 7) is 0.369. The monoisotopic (exact) mass is 251 g/mol. The molecule has 0 spiro atoms. The van der Waals surface area contributed by atoms with Gasteiger partial charge < -0.3 is 5.32 Å². The molecule has 1 rings (SSSR count). The van der Waals surface area contributed by atoms with Gasteiger partial charge in [-0.1, -0.05) is 0 Å². The van der Waals surface area contributed by atoms with Crippen LogP contribution in [0.3, 0.4) is 0 Å². The molecule has 0 aromatic carbocycles. The Morgan fingerprint density at radius 3 is 2.46 bits per heavy atom. The average Bonchev–Trinajstić information content (AvgIpc) is 2.02. The Bertz CT molecular complexity index is 270. The molecule has 1 aromatic rings. The number of nitrogens with one attached hydrogen (secondary N) is 1. The van der Waals surface area contributed by atoms with E-state index in [1.807, 2.05) is 0 Å². The molecule has 72 valence electrons. The Morgan fingerprint density at radius 2 is 2.00 bits per heavy atom. The van der Waals surface area contributed by atoms with Crippen LogP contribution >= 0.6 is 15.9 Å². The van der Waals surface area contributed by atoms with E-state index >= 15 is 0 Å². The van der Waals surface area contributed by atoms with Crippen molar-refractivity contribution in [2.24, 2.45) is 0 Å². The molecule has 1 heterocycles. The van der Waals surface area contributed by atoms with Crippen LogP contribution in [0.1, 0.15) is 6.92 Å². The summed E-state index contributed by atoms with van der Waals surface area (Å²) in [5.41, 5.74) is 0. The highest BCUT2D eigenvalue weighted by atomic mass is 79.9. The van der Waals surface area contributed by atoms with Crippen molar-refractivity contribution in [2.45, 2.75) is 12.8 Å². The molecule has 0 aliphatic rings. The summed E-state index contributed by atoms with van der Waals surface area (Å²) in [5, 5.41) is 2.42. The quantitative estimate of drug-likeness (QED) is 0.896. The van der Waals surface area contributed by atoms with Crippen molar-refractivity contribution in [3.05, 3.63) is 16.9 Å². The number of alkyl halides is 2. The lowest BCUT2D eigenvalue weighted by molar-refractivity contribution is 0.0366. The van der Waals surface area contributed by atoms with Crippen LogP contribution in [-0.2, 0) is 0 Å². The third-order valence-electron chi connectivity index (χ3n) is 1.18. The molecule has 0 atom stereocenters. The lowest BCUT2D eigenvalue weighted by Crippen LogP contribution is -2.23. The molecule has 0 saturated heterocycles. The van der Waals surface area contributed by atoms with E-state index in [4.69, 9.17) is 0 Å². The van der Waals surface area contributed by atoms with Gasteiger partial charge in [-0.3, -0.25) is 0 Å². The molecular formula is C7H8BrF2N3. The van der Waals surface area contributed by atoms with Crippen LogP contribution in [-0.4, -0.2) is 22.4 Å². The zero-order chi connectivity index (χ0) is 9.90. The fourth-order valence-corrected chi connectivity index (χ4v) is 0.843. The lowest BCUT2D eigenvalue weighted by atomic mass is 10.4. The Morgan fingerprint density at radius 1 is 1.46 bits per heavy atom. The molecule has 0 radical (unpaired) electrons. The molecule has 0 fully saturated rings. The number of nitrogens with zero attached hydrogens (tertiary/aromatic N) is 2. The van der Waals surface area contributed by atoms with Crippen molar-refractivity contribution >= 4 is 21.9 Å². The molecule has 0 aliphatic carbocycles. The first-order chi connectivity index (χ1) is 5.97. The van der Waals surface area contributed by atoms with Gasteiger partial charge in [0.2, 0.25) is 5.95 Å². The number of halogens is 3. The van der Waals surface area contributed by atoms with Gasteiger partial charge in [-0.2, -0.15) is 0 Å². The minimum absolute atomic E-state index is 0.199. The van der Waals surface area contributed by atoms with Crippen LogP contribution in [0.2, 0.25) is 0 Å². The first-order valence-corrected chi connectivity index (χ1v) is 4.36. The van der Waals surface area contributed by atoms with E-state index in [1.165, 1.54) is 12.4 Å². The van der Waals surface area contributed by atoms with Gasteiger partial charge in [0.15, 0.2) is 0 Å². The van der Waals surface area contributed by atoms with Gasteiger partial charge in [0.1, 0.15) is 0 Å². The van der Waals surface area contributed by atoms with Gasteiger partial charge in [0.25, 0.3) is 5.92 Å². The van der Waals surface area contributed by atoms with Gasteiger partial charge in [-0.05, 0) is 15.9 Å². The second-order valence-electron chi connectivity index (χ2n) is 2.65. The molecule has 0 unspecified atom stereocenters. The normalized spacial score (nSPS) is 11.4. The maximum atomic E-state index is 12.4. The van der Waals surface area contributed by atoms with Gasteiger partial charge in [0.05, 0.1) is 11.0 Å². The van der Waals surface area contributed by atoms with Gasteiger partial charge >= 0.3 is 0 Å². The van der Waals surface area contributed by atoms with Crippen molar-refractivity contribution < 1.29 is 8.78 Å². The van der Waals surface area contributed by atoms with E-state index in [-0.39, 0.29) is 5.95 Å². The van der Waals surface area contributed by atoms with E-state index < -0.39 is 12.5 Å². The molecule has 0 bridgehead atoms. The summed E-state index contributed by atoms with van der Waals surface area (Å²) in [4.78, 5) is 7.56. The summed E-state index contributed by atoms with van der Waals surface area (Å²) in [6, 6.07) is 0. The summed E-state index contributed by atoms with van der Waals surface area (Å²) in [5.74, 6) is -2.55. The summed E-state index contributed by atoms with van der Waals surface area (Å²) >= 11 is 3.14. The predicted octanol–water partition coefficient (Wildman–Crippen LogP) is 2.31. The van der Waals surface area contributed by atoms with Crippen LogP contribution in [0.4, 0.5) is 14.7 Å². The fourth-order valence-electron chi connectivity index (χ4n) is 0.638. The van der Waals surface area contributed by atoms with E-state index in [9.17, 15) is 8.78 Å². The molecule has 0 aliphatic heterocycles. The van der Waals surface area contributed by atoms with Crippen LogP contribution in [0.5, 0.6) is 0 Å². The number of rotatable bonds is 3. The maximum Gasteiger partial charge on any atom is 0.262 e. The number of aromatic nitrogens is 2. The number of hydrogen-bond donors (Lipinski definition) is 1. The van der Waals surface area contributed by atoms with Crippen molar-refractivity contribution in [1.29, 1.82) is 0 Å². The van der Waals surface area contributed by atoms with E-state index in [0.717, 1.165) is 6.92 Å². The third-order valence-corrected chi connectivity index (χ3v) is 1.59. The van der Waals surface area contributed by atoms with Crippen molar-refractivity contribution in [2.75, 3.05) is 11.9 Å². The Labute approximate surface area is 82.7 Å². The van der Waals surface area contributed by atoms with E-state index in [0.29, 0.717) is 4.47 Å². The highest BCUT2D eigenvalue weighted by molar-refractivity contribution is 9.10. The average molecular weight is 252 g/mol. The van der Waals surface area contributed by atoms with Crippen LogP contribution in [0.15, 0.2) is 16.9 Å². The smallest absolute Gasteiger partial charge is 0.262 e. The SMILES string of the molecule is CC(F)(F)CNc1ncc(Br)cn1. The molecule has 0 saturated carbocycles. The molecular weight excluding hydrogens is 244 g/mol. The Kier molecular flexibility index (Phi) is 3.13. The lowest BCUT2D eigenvalue weighted by Gasteiger charge is -2.10. The molecule has 1 N–H and O–H groups in total. The van der Waals surface area contributed by atoms with E-state index in [1.54, 1.807) is 0 Å². The first kappa shape index (κ1) is 10.3. The Hall–Kier alpha value is -0.780. The second kappa shape index (κ2) is 3.95. The molecule has 13 heavy (non-hydrogen) atoms. The van der Waals surface area contributed by atoms with Crippen molar-refractivity contribution in [3.63, 3.8) is 0 Å². The van der Waals surface area contributed by atoms with Crippen molar-refractivity contribution in [1.82, 2.24) is 9.97 Å². The highest BCUT2D eigenvalue weighted by Gasteiger charge is 2.20. The minimum atomic E-state index is -2.75. The van der Waals surface area contributed by atoms with Crippen LogP contribution in [0.25, 0.3) is 0 Å². The standard InChI is InChI=1S/C7H8BrF2N3/c1-7(9,10)4-13-6-11-2-5(8)3-12-6/h2-3H,4H2,1H3,(H,11,12,13). The predicted molar refractivity (Wildman–Crippen MR) is 48.8 cm³/mol. The minimum Gasteiger partial charge on any atom is -0.348 e. The number of hydrogen-bond acceptors (Lipinski definition) is 3. The molecule has 3 nitrogen and oxygen atoms in total. The zero-order valence-corrected chi connectivity index (χ0v) is 8.48.